The topological polar surface area (TPSA) is 87.8 Å². The number of aliphatic hydroxyl groups is 1. The second kappa shape index (κ2) is 6.21. The maximum atomic E-state index is 12.6. The van der Waals surface area contributed by atoms with Crippen molar-refractivity contribution in [2.45, 2.75) is 26.1 Å². The van der Waals surface area contributed by atoms with Gasteiger partial charge in [-0.15, -0.1) is 0 Å². The number of ether oxygens (including phenoxy) is 1. The zero-order valence-corrected chi connectivity index (χ0v) is 11.8. The highest BCUT2D eigenvalue weighted by molar-refractivity contribution is 5.99. The fourth-order valence-electron chi connectivity index (χ4n) is 2.45. The van der Waals surface area contributed by atoms with Crippen LogP contribution in [0.2, 0.25) is 0 Å². The van der Waals surface area contributed by atoms with E-state index in [1.165, 1.54) is 0 Å². The molecule has 1 aliphatic heterocycles. The molecule has 0 bridgehead atoms. The summed E-state index contributed by atoms with van der Waals surface area (Å²) >= 11 is 0. The van der Waals surface area contributed by atoms with Gasteiger partial charge in [-0.3, -0.25) is 10.6 Å². The number of amides is 1. The number of morpholine rings is 1. The van der Waals surface area contributed by atoms with E-state index in [1.54, 1.807) is 11.0 Å². The molecule has 0 saturated carbocycles. The summed E-state index contributed by atoms with van der Waals surface area (Å²) in [4.78, 5) is 14.3. The fourth-order valence-corrected chi connectivity index (χ4v) is 2.45. The lowest BCUT2D eigenvalue weighted by atomic mass is 10.1. The van der Waals surface area contributed by atoms with Crippen molar-refractivity contribution in [3.05, 3.63) is 29.3 Å². The number of rotatable bonds is 3. The molecule has 6 heteroatoms. The van der Waals surface area contributed by atoms with Gasteiger partial charge in [0.15, 0.2) is 0 Å². The summed E-state index contributed by atoms with van der Waals surface area (Å²) in [6.45, 7) is 4.63. The van der Waals surface area contributed by atoms with E-state index in [-0.39, 0.29) is 24.7 Å². The Balaban J connectivity index is 2.22. The standard InChI is InChI=1S/C14H21N3O3/c1-9-3-4-12(13(5-9)16-15)14(19)17-6-10(2)20-11(7-17)8-18/h3-5,10-11,16,18H,6-8,15H2,1-2H3. The molecule has 1 saturated heterocycles. The van der Waals surface area contributed by atoms with Crippen LogP contribution in [0.25, 0.3) is 0 Å². The molecular formula is C14H21N3O3. The lowest BCUT2D eigenvalue weighted by Gasteiger charge is -2.36. The van der Waals surface area contributed by atoms with E-state index in [2.05, 4.69) is 5.43 Å². The van der Waals surface area contributed by atoms with Gasteiger partial charge >= 0.3 is 0 Å². The smallest absolute Gasteiger partial charge is 0.256 e. The molecule has 1 aromatic rings. The average molecular weight is 279 g/mol. The van der Waals surface area contributed by atoms with E-state index in [4.69, 9.17) is 10.6 Å². The lowest BCUT2D eigenvalue weighted by molar-refractivity contribution is -0.0858. The van der Waals surface area contributed by atoms with Crippen LogP contribution in [0.5, 0.6) is 0 Å². The zero-order chi connectivity index (χ0) is 14.7. The van der Waals surface area contributed by atoms with Gasteiger partial charge in [-0.2, -0.15) is 0 Å². The molecule has 1 amide bonds. The van der Waals surface area contributed by atoms with Crippen LogP contribution >= 0.6 is 0 Å². The Morgan fingerprint density at radius 2 is 2.30 bits per heavy atom. The van der Waals surface area contributed by atoms with Gasteiger partial charge in [-0.1, -0.05) is 6.07 Å². The summed E-state index contributed by atoms with van der Waals surface area (Å²) < 4.78 is 5.54. The predicted octanol–water partition coefficient (Wildman–Crippen LogP) is 0.502. The highest BCUT2D eigenvalue weighted by Crippen LogP contribution is 2.21. The van der Waals surface area contributed by atoms with Crippen molar-refractivity contribution in [3.8, 4) is 0 Å². The molecule has 0 aromatic heterocycles. The first-order chi connectivity index (χ1) is 9.55. The van der Waals surface area contributed by atoms with Crippen LogP contribution in [-0.4, -0.2) is 47.8 Å². The molecule has 2 rings (SSSR count). The van der Waals surface area contributed by atoms with Gasteiger partial charge in [-0.25, -0.2) is 0 Å². The molecule has 0 radical (unpaired) electrons. The molecule has 0 aliphatic carbocycles. The minimum Gasteiger partial charge on any atom is -0.394 e. The number of benzene rings is 1. The van der Waals surface area contributed by atoms with E-state index in [1.807, 2.05) is 26.0 Å². The summed E-state index contributed by atoms with van der Waals surface area (Å²) in [5.41, 5.74) is 4.73. The van der Waals surface area contributed by atoms with Crippen LogP contribution in [0, 0.1) is 6.92 Å². The number of nitrogens with two attached hydrogens (primary N) is 1. The van der Waals surface area contributed by atoms with Crippen molar-refractivity contribution in [2.24, 2.45) is 5.84 Å². The maximum absolute atomic E-state index is 12.6. The van der Waals surface area contributed by atoms with Crippen LogP contribution in [-0.2, 0) is 4.74 Å². The number of hydrogen-bond donors (Lipinski definition) is 3. The number of hydrazine groups is 1. The van der Waals surface area contributed by atoms with Crippen LogP contribution in [0.3, 0.4) is 0 Å². The summed E-state index contributed by atoms with van der Waals surface area (Å²) in [5.74, 6) is 5.38. The van der Waals surface area contributed by atoms with Gasteiger partial charge in [-0.05, 0) is 31.5 Å². The van der Waals surface area contributed by atoms with E-state index in [0.29, 0.717) is 24.3 Å². The van der Waals surface area contributed by atoms with Crippen LogP contribution in [0.4, 0.5) is 5.69 Å². The maximum Gasteiger partial charge on any atom is 0.256 e. The summed E-state index contributed by atoms with van der Waals surface area (Å²) in [6.07, 6.45) is -0.424. The molecular weight excluding hydrogens is 258 g/mol. The van der Waals surface area contributed by atoms with Crippen molar-refractivity contribution in [1.29, 1.82) is 0 Å². The fraction of sp³-hybridized carbons (Fsp3) is 0.500. The number of aliphatic hydroxyl groups excluding tert-OH is 1. The molecule has 1 aliphatic rings. The Hall–Kier alpha value is -1.63. The zero-order valence-electron chi connectivity index (χ0n) is 11.8. The van der Waals surface area contributed by atoms with E-state index < -0.39 is 0 Å². The van der Waals surface area contributed by atoms with E-state index in [0.717, 1.165) is 5.56 Å². The number of nitrogens with one attached hydrogen (secondary N) is 1. The number of anilines is 1. The Morgan fingerprint density at radius 1 is 1.55 bits per heavy atom. The Kier molecular flexibility index (Phi) is 4.59. The van der Waals surface area contributed by atoms with Gasteiger partial charge in [0.05, 0.1) is 30.1 Å². The minimum atomic E-state index is -0.331. The average Bonchev–Trinajstić information content (AvgIpc) is 2.45. The van der Waals surface area contributed by atoms with Gasteiger partial charge < -0.3 is 20.2 Å². The third-order valence-corrected chi connectivity index (χ3v) is 3.38. The highest BCUT2D eigenvalue weighted by Gasteiger charge is 2.29. The molecule has 1 fully saturated rings. The second-order valence-corrected chi connectivity index (χ2v) is 5.15. The third-order valence-electron chi connectivity index (χ3n) is 3.38. The second-order valence-electron chi connectivity index (χ2n) is 5.15. The molecule has 6 nitrogen and oxygen atoms in total. The van der Waals surface area contributed by atoms with Gasteiger partial charge in [0, 0.05) is 13.1 Å². The molecule has 4 N–H and O–H groups in total. The molecule has 2 unspecified atom stereocenters. The number of carbonyl (C=O) groups excluding carboxylic acids is 1. The monoisotopic (exact) mass is 279 g/mol. The summed E-state index contributed by atoms with van der Waals surface area (Å²) in [7, 11) is 0. The molecule has 110 valence electrons. The first-order valence-corrected chi connectivity index (χ1v) is 6.68. The largest absolute Gasteiger partial charge is 0.394 e. The van der Waals surface area contributed by atoms with E-state index in [9.17, 15) is 9.90 Å². The van der Waals surface area contributed by atoms with Gasteiger partial charge in [0.1, 0.15) is 0 Å². The molecule has 20 heavy (non-hydrogen) atoms. The SMILES string of the molecule is Cc1ccc(C(=O)N2CC(C)OC(CO)C2)c(NN)c1. The van der Waals surface area contributed by atoms with Crippen LogP contribution < -0.4 is 11.3 Å². The molecule has 1 heterocycles. The third kappa shape index (κ3) is 3.09. The normalized spacial score (nSPS) is 22.7. The van der Waals surface area contributed by atoms with E-state index >= 15 is 0 Å². The summed E-state index contributed by atoms with van der Waals surface area (Å²) in [5, 5.41) is 9.22. The van der Waals surface area contributed by atoms with Crippen molar-refractivity contribution in [2.75, 3.05) is 25.1 Å². The highest BCUT2D eigenvalue weighted by atomic mass is 16.5. The van der Waals surface area contributed by atoms with Crippen molar-refractivity contribution in [1.82, 2.24) is 4.90 Å². The minimum absolute atomic E-state index is 0.0930. The Bertz CT molecular complexity index is 493. The summed E-state index contributed by atoms with van der Waals surface area (Å²) in [6, 6.07) is 5.48. The Labute approximate surface area is 118 Å². The number of aryl methyl sites for hydroxylation is 1. The first-order valence-electron chi connectivity index (χ1n) is 6.68. The lowest BCUT2D eigenvalue weighted by Crippen LogP contribution is -2.50. The number of nitrogens with zero attached hydrogens (tertiary/aromatic N) is 1. The van der Waals surface area contributed by atoms with Crippen LogP contribution in [0.15, 0.2) is 18.2 Å². The number of hydrogen-bond acceptors (Lipinski definition) is 5. The predicted molar refractivity (Wildman–Crippen MR) is 76.3 cm³/mol. The quantitative estimate of drug-likeness (QED) is 0.554. The van der Waals surface area contributed by atoms with Crippen molar-refractivity contribution < 1.29 is 14.6 Å². The van der Waals surface area contributed by atoms with Crippen molar-refractivity contribution >= 4 is 11.6 Å². The Morgan fingerprint density at radius 3 is 2.95 bits per heavy atom. The number of nitrogen functional groups attached to an aromatic ring is 1. The van der Waals surface area contributed by atoms with Gasteiger partial charge in [0.2, 0.25) is 0 Å². The van der Waals surface area contributed by atoms with Crippen LogP contribution in [0.1, 0.15) is 22.8 Å². The van der Waals surface area contributed by atoms with Crippen molar-refractivity contribution in [3.63, 3.8) is 0 Å². The molecule has 0 spiro atoms. The van der Waals surface area contributed by atoms with Gasteiger partial charge in [0.25, 0.3) is 5.91 Å². The number of carbonyl (C=O) groups is 1. The first kappa shape index (κ1) is 14.8. The molecule has 1 aromatic carbocycles. The molecule has 2 atom stereocenters.